The van der Waals surface area contributed by atoms with Crippen LogP contribution < -0.4 is 4.90 Å². The number of carbonyl (C=O) groups is 1. The van der Waals surface area contributed by atoms with Crippen molar-refractivity contribution in [2.24, 2.45) is 5.92 Å². The predicted molar refractivity (Wildman–Crippen MR) is 107 cm³/mol. The van der Waals surface area contributed by atoms with Crippen LogP contribution in [0.2, 0.25) is 5.02 Å². The highest BCUT2D eigenvalue weighted by Gasteiger charge is 2.33. The van der Waals surface area contributed by atoms with Crippen molar-refractivity contribution in [3.8, 4) is 0 Å². The lowest BCUT2D eigenvalue weighted by molar-refractivity contribution is -0.138. The molecule has 0 saturated carbocycles. The second-order valence-electron chi connectivity index (χ2n) is 7.47. The third kappa shape index (κ3) is 4.86. The number of pyridine rings is 1. The fourth-order valence-corrected chi connectivity index (χ4v) is 3.89. The van der Waals surface area contributed by atoms with E-state index < -0.39 is 11.7 Å². The predicted octanol–water partition coefficient (Wildman–Crippen LogP) is 5.33. The van der Waals surface area contributed by atoms with Gasteiger partial charge >= 0.3 is 6.18 Å². The van der Waals surface area contributed by atoms with Gasteiger partial charge in [-0.15, -0.1) is 0 Å². The van der Waals surface area contributed by atoms with E-state index in [9.17, 15) is 22.4 Å². The highest BCUT2D eigenvalue weighted by atomic mass is 35.5. The fraction of sp³-hybridized carbons (Fsp3) is 0.429. The van der Waals surface area contributed by atoms with Crippen LogP contribution in [0.4, 0.5) is 23.4 Å². The van der Waals surface area contributed by atoms with Gasteiger partial charge in [-0.05, 0) is 43.5 Å². The quantitative estimate of drug-likeness (QED) is 0.599. The van der Waals surface area contributed by atoms with Crippen molar-refractivity contribution in [1.29, 1.82) is 0 Å². The Bertz CT molecular complexity index is 896. The van der Waals surface area contributed by atoms with E-state index >= 15 is 0 Å². The lowest BCUT2D eigenvalue weighted by atomic mass is 9.94. The molecule has 1 unspecified atom stereocenters. The molecule has 1 aliphatic rings. The second kappa shape index (κ2) is 8.79. The molecule has 2 heterocycles. The van der Waals surface area contributed by atoms with E-state index in [1.54, 1.807) is 29.0 Å². The molecular formula is C21H22ClF4N3O. The molecule has 162 valence electrons. The topological polar surface area (TPSA) is 36.4 Å². The van der Waals surface area contributed by atoms with Crippen molar-refractivity contribution in [2.45, 2.75) is 32.0 Å². The number of benzene rings is 1. The number of alkyl halides is 3. The standard InChI is InChI=1S/C21H22ClF4N3O/c1-13(14-3-5-17(23)6-4-14)28(2)20(30)15-7-9-29(10-8-15)19-18(22)11-16(12-27-19)21(24,25)26/h3-6,11-13,15H,7-10H2,1-2H3. The van der Waals surface area contributed by atoms with Gasteiger partial charge in [-0.3, -0.25) is 4.79 Å². The Morgan fingerprint density at radius 1 is 1.23 bits per heavy atom. The van der Waals surface area contributed by atoms with Crippen LogP contribution in [0.1, 0.15) is 36.9 Å². The molecule has 0 radical (unpaired) electrons. The zero-order valence-electron chi connectivity index (χ0n) is 16.6. The van der Waals surface area contributed by atoms with Gasteiger partial charge in [-0.2, -0.15) is 13.2 Å². The smallest absolute Gasteiger partial charge is 0.355 e. The van der Waals surface area contributed by atoms with Gasteiger partial charge in [0.05, 0.1) is 16.6 Å². The van der Waals surface area contributed by atoms with Crippen LogP contribution >= 0.6 is 11.6 Å². The minimum absolute atomic E-state index is 0.0158. The first-order chi connectivity index (χ1) is 14.1. The van der Waals surface area contributed by atoms with E-state index in [1.807, 2.05) is 6.92 Å². The summed E-state index contributed by atoms with van der Waals surface area (Å²) in [5.74, 6) is -0.258. The van der Waals surface area contributed by atoms with Gasteiger partial charge < -0.3 is 9.80 Å². The van der Waals surface area contributed by atoms with Gasteiger partial charge in [0.15, 0.2) is 0 Å². The first-order valence-corrected chi connectivity index (χ1v) is 9.95. The lowest BCUT2D eigenvalue weighted by Crippen LogP contribution is -2.42. The lowest BCUT2D eigenvalue weighted by Gasteiger charge is -2.36. The van der Waals surface area contributed by atoms with Gasteiger partial charge in [0, 0.05) is 32.3 Å². The van der Waals surface area contributed by atoms with Crippen LogP contribution in [0, 0.1) is 11.7 Å². The van der Waals surface area contributed by atoms with E-state index in [4.69, 9.17) is 11.6 Å². The Morgan fingerprint density at radius 2 is 1.83 bits per heavy atom. The molecular weight excluding hydrogens is 422 g/mol. The molecule has 1 fully saturated rings. The Balaban J connectivity index is 1.62. The minimum atomic E-state index is -4.50. The van der Waals surface area contributed by atoms with E-state index in [0.717, 1.165) is 17.8 Å². The van der Waals surface area contributed by atoms with Gasteiger partial charge in [-0.1, -0.05) is 23.7 Å². The highest BCUT2D eigenvalue weighted by Crippen LogP contribution is 2.35. The third-order valence-electron chi connectivity index (χ3n) is 5.57. The molecule has 0 bridgehead atoms. The van der Waals surface area contributed by atoms with Crippen molar-refractivity contribution < 1.29 is 22.4 Å². The highest BCUT2D eigenvalue weighted by molar-refractivity contribution is 6.33. The van der Waals surface area contributed by atoms with E-state index in [1.165, 1.54) is 12.1 Å². The summed E-state index contributed by atoms with van der Waals surface area (Å²) in [7, 11) is 1.72. The summed E-state index contributed by atoms with van der Waals surface area (Å²) >= 11 is 6.03. The van der Waals surface area contributed by atoms with E-state index in [0.29, 0.717) is 31.7 Å². The monoisotopic (exact) mass is 443 g/mol. The minimum Gasteiger partial charge on any atom is -0.355 e. The van der Waals surface area contributed by atoms with Gasteiger partial charge in [-0.25, -0.2) is 9.37 Å². The number of carbonyl (C=O) groups excluding carboxylic acids is 1. The number of piperidine rings is 1. The van der Waals surface area contributed by atoms with Gasteiger partial charge in [0.2, 0.25) is 5.91 Å². The average molecular weight is 444 g/mol. The number of anilines is 1. The molecule has 2 aromatic rings. The van der Waals surface area contributed by atoms with Crippen molar-refractivity contribution >= 4 is 23.3 Å². The normalized spacial score (nSPS) is 16.4. The van der Waals surface area contributed by atoms with Crippen LogP contribution in [-0.4, -0.2) is 35.9 Å². The Labute approximate surface area is 177 Å². The van der Waals surface area contributed by atoms with Crippen molar-refractivity contribution in [1.82, 2.24) is 9.88 Å². The Hall–Kier alpha value is -2.35. The van der Waals surface area contributed by atoms with Crippen molar-refractivity contribution in [3.63, 3.8) is 0 Å². The summed E-state index contributed by atoms with van der Waals surface area (Å²) in [4.78, 5) is 20.3. The molecule has 0 spiro atoms. The molecule has 9 heteroatoms. The van der Waals surface area contributed by atoms with Crippen LogP contribution in [0.3, 0.4) is 0 Å². The zero-order valence-corrected chi connectivity index (χ0v) is 17.3. The average Bonchev–Trinajstić information content (AvgIpc) is 2.72. The first-order valence-electron chi connectivity index (χ1n) is 9.57. The summed E-state index contributed by atoms with van der Waals surface area (Å²) in [5, 5.41) is -0.0587. The summed E-state index contributed by atoms with van der Waals surface area (Å²) in [6.07, 6.45) is -2.65. The molecule has 1 aromatic carbocycles. The number of rotatable bonds is 4. The third-order valence-corrected chi connectivity index (χ3v) is 5.85. The SMILES string of the molecule is CC(c1ccc(F)cc1)N(C)C(=O)C1CCN(c2ncc(C(F)(F)F)cc2Cl)CC1. The molecule has 0 N–H and O–H groups in total. The summed E-state index contributed by atoms with van der Waals surface area (Å²) in [5.41, 5.74) is -0.0526. The summed E-state index contributed by atoms with van der Waals surface area (Å²) < 4.78 is 51.5. The number of hydrogen-bond donors (Lipinski definition) is 0. The molecule has 1 atom stereocenters. The van der Waals surface area contributed by atoms with Gasteiger partial charge in [0.1, 0.15) is 11.6 Å². The number of nitrogens with zero attached hydrogens (tertiary/aromatic N) is 3. The maximum Gasteiger partial charge on any atom is 0.417 e. The molecule has 30 heavy (non-hydrogen) atoms. The molecule has 1 aromatic heterocycles. The van der Waals surface area contributed by atoms with Crippen molar-refractivity contribution in [3.05, 3.63) is 58.5 Å². The maximum atomic E-state index is 13.1. The second-order valence-corrected chi connectivity index (χ2v) is 7.87. The zero-order chi connectivity index (χ0) is 22.1. The largest absolute Gasteiger partial charge is 0.417 e. The van der Waals surface area contributed by atoms with E-state index in [-0.39, 0.29) is 28.7 Å². The van der Waals surface area contributed by atoms with E-state index in [2.05, 4.69) is 4.98 Å². The van der Waals surface area contributed by atoms with Crippen LogP contribution in [0.25, 0.3) is 0 Å². The Kier molecular flexibility index (Phi) is 6.55. The summed E-state index contributed by atoms with van der Waals surface area (Å²) in [6, 6.07) is 6.71. The molecule has 1 aliphatic heterocycles. The Morgan fingerprint density at radius 3 is 2.37 bits per heavy atom. The first kappa shape index (κ1) is 22.3. The van der Waals surface area contributed by atoms with Crippen LogP contribution in [0.15, 0.2) is 36.5 Å². The molecule has 3 rings (SSSR count). The van der Waals surface area contributed by atoms with Gasteiger partial charge in [0.25, 0.3) is 0 Å². The molecule has 4 nitrogen and oxygen atoms in total. The number of halogens is 5. The van der Waals surface area contributed by atoms with Crippen molar-refractivity contribution in [2.75, 3.05) is 25.0 Å². The molecule has 1 saturated heterocycles. The number of amides is 1. The number of hydrogen-bond acceptors (Lipinski definition) is 3. The summed E-state index contributed by atoms with van der Waals surface area (Å²) in [6.45, 7) is 2.81. The maximum absolute atomic E-state index is 13.1. The number of aromatic nitrogens is 1. The molecule has 0 aliphatic carbocycles. The molecule has 1 amide bonds. The fourth-order valence-electron chi connectivity index (χ4n) is 3.60. The van der Waals surface area contributed by atoms with Crippen LogP contribution in [0.5, 0.6) is 0 Å². The van der Waals surface area contributed by atoms with Crippen LogP contribution in [-0.2, 0) is 11.0 Å².